The fourth-order valence-corrected chi connectivity index (χ4v) is 4.63. The Labute approximate surface area is 167 Å². The summed E-state index contributed by atoms with van der Waals surface area (Å²) in [5, 5.41) is 2.58. The smallest absolute Gasteiger partial charge is 0.0783 e. The molecule has 0 atom stereocenters. The molecule has 1 heterocycles. The van der Waals surface area contributed by atoms with Crippen molar-refractivity contribution in [3.05, 3.63) is 88.6 Å². The molecule has 0 amide bonds. The first-order valence-electron chi connectivity index (χ1n) is 10.1. The van der Waals surface area contributed by atoms with Crippen molar-refractivity contribution in [2.24, 2.45) is 0 Å². The summed E-state index contributed by atoms with van der Waals surface area (Å²) >= 11 is 0. The summed E-state index contributed by atoms with van der Waals surface area (Å²) in [4.78, 5) is 4.90. The van der Waals surface area contributed by atoms with Gasteiger partial charge in [-0.25, -0.2) is 0 Å². The Morgan fingerprint density at radius 1 is 0.821 bits per heavy atom. The first-order chi connectivity index (χ1) is 13.5. The average molecular weight is 364 g/mol. The van der Waals surface area contributed by atoms with Gasteiger partial charge in [-0.3, -0.25) is 4.98 Å². The number of aromatic nitrogens is 1. The van der Waals surface area contributed by atoms with E-state index < -0.39 is 0 Å². The molecule has 0 N–H and O–H groups in total. The summed E-state index contributed by atoms with van der Waals surface area (Å²) < 4.78 is 0. The number of pyridine rings is 1. The van der Waals surface area contributed by atoms with Gasteiger partial charge in [0.15, 0.2) is 0 Å². The first-order valence-corrected chi connectivity index (χ1v) is 10.1. The Hall–Kier alpha value is -2.93. The van der Waals surface area contributed by atoms with Crippen molar-refractivity contribution in [2.45, 2.75) is 40.0 Å². The predicted octanol–water partition coefficient (Wildman–Crippen LogP) is 7.21. The van der Waals surface area contributed by atoms with Crippen LogP contribution in [0.4, 0.5) is 0 Å². The van der Waals surface area contributed by atoms with Gasteiger partial charge in [0.05, 0.1) is 5.69 Å². The molecule has 0 fully saturated rings. The zero-order chi connectivity index (χ0) is 19.4. The molecule has 0 saturated heterocycles. The molecule has 1 aliphatic rings. The molecule has 1 nitrogen and oxygen atoms in total. The SMILES string of the molecule is Cc1cc2c(c(-c3nccc4c(C)cc(C(C)C)cc34)c1)Cc1ccccc1-2. The van der Waals surface area contributed by atoms with Crippen molar-refractivity contribution in [3.63, 3.8) is 0 Å². The molecular formula is C27H25N. The Bertz CT molecular complexity index is 1230. The summed E-state index contributed by atoms with van der Waals surface area (Å²) in [5.74, 6) is 0.503. The van der Waals surface area contributed by atoms with Gasteiger partial charge in [-0.1, -0.05) is 50.2 Å². The monoisotopic (exact) mass is 363 g/mol. The largest absolute Gasteiger partial charge is 0.256 e. The van der Waals surface area contributed by atoms with Crippen LogP contribution in [0.2, 0.25) is 0 Å². The van der Waals surface area contributed by atoms with E-state index in [1.165, 1.54) is 55.3 Å². The second-order valence-corrected chi connectivity index (χ2v) is 8.42. The van der Waals surface area contributed by atoms with E-state index in [0.29, 0.717) is 5.92 Å². The third-order valence-electron chi connectivity index (χ3n) is 6.10. The first kappa shape index (κ1) is 17.2. The average Bonchev–Trinajstić information content (AvgIpc) is 3.05. The minimum absolute atomic E-state index is 0.503. The number of aryl methyl sites for hydroxylation is 2. The molecule has 1 heteroatoms. The van der Waals surface area contributed by atoms with Crippen LogP contribution in [0.25, 0.3) is 33.2 Å². The maximum atomic E-state index is 4.90. The van der Waals surface area contributed by atoms with E-state index in [9.17, 15) is 0 Å². The molecule has 0 unspecified atom stereocenters. The lowest BCUT2D eigenvalue weighted by atomic mass is 9.90. The van der Waals surface area contributed by atoms with Crippen molar-refractivity contribution in [1.82, 2.24) is 4.98 Å². The third kappa shape index (κ3) is 2.57. The minimum Gasteiger partial charge on any atom is -0.256 e. The fraction of sp³-hybridized carbons (Fsp3) is 0.222. The topological polar surface area (TPSA) is 12.9 Å². The normalized spacial score (nSPS) is 12.5. The van der Waals surface area contributed by atoms with Crippen LogP contribution >= 0.6 is 0 Å². The van der Waals surface area contributed by atoms with E-state index in [2.05, 4.69) is 82.3 Å². The molecule has 5 rings (SSSR count). The van der Waals surface area contributed by atoms with Crippen LogP contribution in [0.15, 0.2) is 60.8 Å². The van der Waals surface area contributed by atoms with Gasteiger partial charge in [0, 0.05) is 17.1 Å². The van der Waals surface area contributed by atoms with Gasteiger partial charge in [0.2, 0.25) is 0 Å². The van der Waals surface area contributed by atoms with Crippen LogP contribution in [0.3, 0.4) is 0 Å². The van der Waals surface area contributed by atoms with Gasteiger partial charge in [0.25, 0.3) is 0 Å². The van der Waals surface area contributed by atoms with Crippen molar-refractivity contribution in [1.29, 1.82) is 0 Å². The van der Waals surface area contributed by atoms with Crippen LogP contribution in [0.5, 0.6) is 0 Å². The number of benzene rings is 3. The molecule has 0 spiro atoms. The van der Waals surface area contributed by atoms with Gasteiger partial charge in [-0.2, -0.15) is 0 Å². The Morgan fingerprint density at radius 2 is 1.61 bits per heavy atom. The van der Waals surface area contributed by atoms with Crippen molar-refractivity contribution in [2.75, 3.05) is 0 Å². The van der Waals surface area contributed by atoms with Crippen LogP contribution in [-0.4, -0.2) is 4.98 Å². The third-order valence-corrected chi connectivity index (χ3v) is 6.10. The molecule has 0 bridgehead atoms. The van der Waals surface area contributed by atoms with E-state index in [1.54, 1.807) is 0 Å². The molecule has 1 aliphatic carbocycles. The summed E-state index contributed by atoms with van der Waals surface area (Å²) in [6, 6.07) is 20.3. The fourth-order valence-electron chi connectivity index (χ4n) is 4.63. The highest BCUT2D eigenvalue weighted by Crippen LogP contribution is 2.43. The van der Waals surface area contributed by atoms with Crippen LogP contribution in [0.1, 0.15) is 47.6 Å². The second kappa shape index (κ2) is 6.31. The molecule has 0 saturated carbocycles. The Kier molecular flexibility index (Phi) is 3.87. The van der Waals surface area contributed by atoms with Gasteiger partial charge < -0.3 is 0 Å². The molecule has 28 heavy (non-hydrogen) atoms. The van der Waals surface area contributed by atoms with Crippen LogP contribution in [-0.2, 0) is 6.42 Å². The Morgan fingerprint density at radius 3 is 2.43 bits per heavy atom. The number of rotatable bonds is 2. The molecular weight excluding hydrogens is 338 g/mol. The summed E-state index contributed by atoms with van der Waals surface area (Å²) in [7, 11) is 0. The van der Waals surface area contributed by atoms with E-state index in [-0.39, 0.29) is 0 Å². The maximum absolute atomic E-state index is 4.90. The second-order valence-electron chi connectivity index (χ2n) is 8.42. The summed E-state index contributed by atoms with van der Waals surface area (Å²) in [6.45, 7) is 8.93. The van der Waals surface area contributed by atoms with Crippen molar-refractivity contribution in [3.8, 4) is 22.4 Å². The molecule has 3 aromatic carbocycles. The van der Waals surface area contributed by atoms with E-state index in [4.69, 9.17) is 4.98 Å². The Balaban J connectivity index is 1.82. The van der Waals surface area contributed by atoms with Gasteiger partial charge in [0.1, 0.15) is 0 Å². The van der Waals surface area contributed by atoms with Crippen LogP contribution < -0.4 is 0 Å². The van der Waals surface area contributed by atoms with E-state index >= 15 is 0 Å². The standard InChI is InChI=1S/C27H25N/c1-16(2)20-13-18(4)21-9-10-28-27(26(21)15-20)25-12-17(3)11-23-22-8-6-5-7-19(22)14-24(23)25/h5-13,15-16H,14H2,1-4H3. The maximum Gasteiger partial charge on any atom is 0.0783 e. The highest BCUT2D eigenvalue weighted by molar-refractivity contribution is 5.99. The van der Waals surface area contributed by atoms with Crippen molar-refractivity contribution < 1.29 is 0 Å². The number of hydrogen-bond acceptors (Lipinski definition) is 1. The molecule has 0 aliphatic heterocycles. The predicted molar refractivity (Wildman–Crippen MR) is 119 cm³/mol. The van der Waals surface area contributed by atoms with E-state index in [0.717, 1.165) is 12.1 Å². The highest BCUT2D eigenvalue weighted by atomic mass is 14.7. The molecule has 4 aromatic rings. The molecule has 0 radical (unpaired) electrons. The van der Waals surface area contributed by atoms with Crippen LogP contribution in [0, 0.1) is 13.8 Å². The summed E-state index contributed by atoms with van der Waals surface area (Å²) in [6.07, 6.45) is 2.96. The summed E-state index contributed by atoms with van der Waals surface area (Å²) in [5.41, 5.74) is 12.0. The van der Waals surface area contributed by atoms with Gasteiger partial charge >= 0.3 is 0 Å². The zero-order valence-electron chi connectivity index (χ0n) is 17.0. The lowest BCUT2D eigenvalue weighted by molar-refractivity contribution is 0.867. The molecule has 1 aromatic heterocycles. The molecule has 138 valence electrons. The van der Waals surface area contributed by atoms with E-state index in [1.807, 2.05) is 6.20 Å². The number of nitrogens with zero attached hydrogens (tertiary/aromatic N) is 1. The lowest BCUT2D eigenvalue weighted by Gasteiger charge is -2.15. The highest BCUT2D eigenvalue weighted by Gasteiger charge is 2.23. The minimum atomic E-state index is 0.503. The lowest BCUT2D eigenvalue weighted by Crippen LogP contribution is -1.96. The van der Waals surface area contributed by atoms with Crippen molar-refractivity contribution >= 4 is 10.8 Å². The van der Waals surface area contributed by atoms with Gasteiger partial charge in [-0.15, -0.1) is 0 Å². The zero-order valence-corrected chi connectivity index (χ0v) is 17.0. The quantitative estimate of drug-likeness (QED) is 0.323. The number of fused-ring (bicyclic) bond motifs is 4. The number of hydrogen-bond donors (Lipinski definition) is 0. The van der Waals surface area contributed by atoms with Gasteiger partial charge in [-0.05, 0) is 88.7 Å².